The van der Waals surface area contributed by atoms with Crippen molar-refractivity contribution in [1.29, 1.82) is 0 Å². The number of aromatic nitrogens is 3. The summed E-state index contributed by atoms with van der Waals surface area (Å²) >= 11 is 1.86. The van der Waals surface area contributed by atoms with Crippen molar-refractivity contribution in [3.05, 3.63) is 200 Å². The van der Waals surface area contributed by atoms with Crippen LogP contribution in [0.25, 0.3) is 114 Å². The SMILES string of the molecule is c1cc(-n2c3ccccc3c3ccccc32)cc(-n2c3ccccc3c3cc(-c4ccc5c(c4)c4ccccc4n5-c4ccc5sc6ccccc6c5c4)ccc32)c1. The Labute approximate surface area is 337 Å². The third-order valence-electron chi connectivity index (χ3n) is 12.2. The summed E-state index contributed by atoms with van der Waals surface area (Å²) < 4.78 is 9.91. The van der Waals surface area contributed by atoms with Gasteiger partial charge in [-0.2, -0.15) is 0 Å². The Balaban J connectivity index is 0.965. The Morgan fingerprint density at radius 3 is 1.16 bits per heavy atom. The van der Waals surface area contributed by atoms with Crippen molar-refractivity contribution in [1.82, 2.24) is 13.7 Å². The summed E-state index contributed by atoms with van der Waals surface area (Å²) in [6.45, 7) is 0. The summed E-state index contributed by atoms with van der Waals surface area (Å²) in [6.07, 6.45) is 0. The Hall–Kier alpha value is -7.40. The number of thiophene rings is 1. The van der Waals surface area contributed by atoms with E-state index in [2.05, 4.69) is 214 Å². The molecule has 4 aromatic heterocycles. The lowest BCUT2D eigenvalue weighted by molar-refractivity contribution is 1.13. The summed E-state index contributed by atoms with van der Waals surface area (Å²) in [6, 6.07) is 73.7. The van der Waals surface area contributed by atoms with Crippen LogP contribution in [0.3, 0.4) is 0 Å². The number of nitrogens with zero attached hydrogens (tertiary/aromatic N) is 3. The molecule has 13 rings (SSSR count). The van der Waals surface area contributed by atoms with E-state index in [-0.39, 0.29) is 0 Å². The highest BCUT2D eigenvalue weighted by Gasteiger charge is 2.18. The van der Waals surface area contributed by atoms with Crippen molar-refractivity contribution in [3.63, 3.8) is 0 Å². The van der Waals surface area contributed by atoms with Crippen molar-refractivity contribution in [2.75, 3.05) is 0 Å². The number of benzene rings is 9. The summed E-state index contributed by atoms with van der Waals surface area (Å²) in [5, 5.41) is 10.2. The number of rotatable bonds is 4. The summed E-state index contributed by atoms with van der Waals surface area (Å²) in [5.41, 5.74) is 13.1. The van der Waals surface area contributed by atoms with Crippen LogP contribution in [0.5, 0.6) is 0 Å². The highest BCUT2D eigenvalue weighted by atomic mass is 32.1. The van der Waals surface area contributed by atoms with E-state index >= 15 is 0 Å². The second-order valence-electron chi connectivity index (χ2n) is 15.3. The van der Waals surface area contributed by atoms with Gasteiger partial charge in [0.25, 0.3) is 0 Å². The predicted molar refractivity (Wildman–Crippen MR) is 248 cm³/mol. The van der Waals surface area contributed by atoms with Gasteiger partial charge in [0.2, 0.25) is 0 Å². The quantitative estimate of drug-likeness (QED) is 0.170. The van der Waals surface area contributed by atoms with Crippen LogP contribution in [0, 0.1) is 0 Å². The van der Waals surface area contributed by atoms with Crippen molar-refractivity contribution >= 4 is 96.9 Å². The third-order valence-corrected chi connectivity index (χ3v) is 13.4. The molecule has 0 saturated heterocycles. The van der Waals surface area contributed by atoms with Gasteiger partial charge in [-0.1, -0.05) is 109 Å². The van der Waals surface area contributed by atoms with Crippen LogP contribution in [0.2, 0.25) is 0 Å². The van der Waals surface area contributed by atoms with Gasteiger partial charge in [0.15, 0.2) is 0 Å². The lowest BCUT2D eigenvalue weighted by atomic mass is 10.0. The lowest BCUT2D eigenvalue weighted by Crippen LogP contribution is -1.98. The molecular weight excluding hydrogens is 723 g/mol. The standard InChI is InChI=1S/C54H33N3S/c1-6-19-47-39(14-1)40-15-2-7-20-48(40)55(47)36-12-11-13-37(32-36)56-49-21-8-3-16-41(49)44-30-34(24-27-51(44)56)35-25-28-52-45(31-35)42-17-4-9-22-50(42)57(52)38-26-29-54-46(33-38)43-18-5-10-23-53(43)58-54/h1-33H. The second kappa shape index (κ2) is 12.1. The molecule has 4 heteroatoms. The Bertz CT molecular complexity index is 3760. The van der Waals surface area contributed by atoms with Gasteiger partial charge >= 0.3 is 0 Å². The summed E-state index contributed by atoms with van der Waals surface area (Å²) in [4.78, 5) is 0. The van der Waals surface area contributed by atoms with Crippen LogP contribution in [0.15, 0.2) is 200 Å². The molecule has 0 aliphatic heterocycles. The van der Waals surface area contributed by atoms with Crippen molar-refractivity contribution in [2.24, 2.45) is 0 Å². The molecule has 0 bridgehead atoms. The maximum Gasteiger partial charge on any atom is 0.0541 e. The minimum Gasteiger partial charge on any atom is -0.309 e. The normalized spacial score (nSPS) is 12.1. The smallest absolute Gasteiger partial charge is 0.0541 e. The molecule has 0 amide bonds. The fourth-order valence-electron chi connectivity index (χ4n) is 9.69. The van der Waals surface area contributed by atoms with Crippen molar-refractivity contribution < 1.29 is 0 Å². The topological polar surface area (TPSA) is 14.8 Å². The van der Waals surface area contributed by atoms with Gasteiger partial charge in [-0.05, 0) is 102 Å². The summed E-state index contributed by atoms with van der Waals surface area (Å²) in [7, 11) is 0. The monoisotopic (exact) mass is 755 g/mol. The molecule has 270 valence electrons. The number of hydrogen-bond donors (Lipinski definition) is 0. The fourth-order valence-corrected chi connectivity index (χ4v) is 10.8. The van der Waals surface area contributed by atoms with E-state index in [4.69, 9.17) is 0 Å². The molecular formula is C54H33N3S. The average Bonchev–Trinajstić information content (AvgIpc) is 4.02. The van der Waals surface area contributed by atoms with Crippen LogP contribution < -0.4 is 0 Å². The second-order valence-corrected chi connectivity index (χ2v) is 16.4. The van der Waals surface area contributed by atoms with Crippen molar-refractivity contribution in [2.45, 2.75) is 0 Å². The Morgan fingerprint density at radius 2 is 0.638 bits per heavy atom. The van der Waals surface area contributed by atoms with Gasteiger partial charge in [0.05, 0.1) is 33.1 Å². The van der Waals surface area contributed by atoms with Gasteiger partial charge in [-0.3, -0.25) is 0 Å². The zero-order valence-electron chi connectivity index (χ0n) is 31.3. The first-order valence-electron chi connectivity index (χ1n) is 19.8. The van der Waals surface area contributed by atoms with E-state index in [1.54, 1.807) is 0 Å². The molecule has 0 unspecified atom stereocenters. The minimum absolute atomic E-state index is 1.14. The molecule has 0 aliphatic carbocycles. The van der Waals surface area contributed by atoms with Gasteiger partial charge in [-0.25, -0.2) is 0 Å². The molecule has 4 heterocycles. The molecule has 0 saturated carbocycles. The van der Waals surface area contributed by atoms with Crippen LogP contribution >= 0.6 is 11.3 Å². The molecule has 0 radical (unpaired) electrons. The van der Waals surface area contributed by atoms with E-state index in [1.165, 1.54) is 102 Å². The first kappa shape index (κ1) is 31.8. The van der Waals surface area contributed by atoms with Crippen LogP contribution in [-0.4, -0.2) is 13.7 Å². The van der Waals surface area contributed by atoms with E-state index in [1.807, 2.05) is 11.3 Å². The first-order valence-corrected chi connectivity index (χ1v) is 20.7. The van der Waals surface area contributed by atoms with Crippen molar-refractivity contribution in [3.8, 4) is 28.2 Å². The minimum atomic E-state index is 1.14. The Kier molecular flexibility index (Phi) is 6.60. The Morgan fingerprint density at radius 1 is 0.241 bits per heavy atom. The van der Waals surface area contributed by atoms with Crippen LogP contribution in [-0.2, 0) is 0 Å². The first-order chi connectivity index (χ1) is 28.8. The van der Waals surface area contributed by atoms with E-state index in [0.717, 1.165) is 11.4 Å². The molecule has 0 fully saturated rings. The van der Waals surface area contributed by atoms with E-state index in [9.17, 15) is 0 Å². The van der Waals surface area contributed by atoms with Gasteiger partial charge in [0.1, 0.15) is 0 Å². The van der Waals surface area contributed by atoms with E-state index < -0.39 is 0 Å². The zero-order valence-corrected chi connectivity index (χ0v) is 32.1. The maximum absolute atomic E-state index is 2.44. The molecule has 3 nitrogen and oxygen atoms in total. The largest absolute Gasteiger partial charge is 0.309 e. The predicted octanol–water partition coefficient (Wildman–Crippen LogP) is 15.0. The molecule has 0 atom stereocenters. The highest BCUT2D eigenvalue weighted by molar-refractivity contribution is 7.25. The van der Waals surface area contributed by atoms with Gasteiger partial charge in [0, 0.05) is 69.6 Å². The highest BCUT2D eigenvalue weighted by Crippen LogP contribution is 2.41. The van der Waals surface area contributed by atoms with Crippen LogP contribution in [0.1, 0.15) is 0 Å². The van der Waals surface area contributed by atoms with E-state index in [0.29, 0.717) is 0 Å². The molecule has 0 spiro atoms. The maximum atomic E-state index is 2.44. The van der Waals surface area contributed by atoms with Crippen LogP contribution in [0.4, 0.5) is 0 Å². The van der Waals surface area contributed by atoms with Gasteiger partial charge < -0.3 is 13.7 Å². The summed E-state index contributed by atoms with van der Waals surface area (Å²) in [5.74, 6) is 0. The molecule has 9 aromatic carbocycles. The zero-order chi connectivity index (χ0) is 37.9. The average molecular weight is 756 g/mol. The molecule has 13 aromatic rings. The molecule has 58 heavy (non-hydrogen) atoms. The lowest BCUT2D eigenvalue weighted by Gasteiger charge is -2.13. The number of fused-ring (bicyclic) bond motifs is 12. The number of hydrogen-bond acceptors (Lipinski definition) is 1. The third kappa shape index (κ3) is 4.49. The fraction of sp³-hybridized carbons (Fsp3) is 0. The molecule has 0 N–H and O–H groups in total. The number of para-hydroxylation sites is 4. The molecule has 0 aliphatic rings. The van der Waals surface area contributed by atoms with Gasteiger partial charge in [-0.15, -0.1) is 11.3 Å².